The Bertz CT molecular complexity index is 615. The lowest BCUT2D eigenvalue weighted by Crippen LogP contribution is -2.28. The molecule has 4 rings (SSSR count). The molecule has 3 heterocycles. The van der Waals surface area contributed by atoms with Crippen LogP contribution < -0.4 is 0 Å². The summed E-state index contributed by atoms with van der Waals surface area (Å²) in [5.74, 6) is 2.17. The molecule has 0 aromatic carbocycles. The number of hydrogen-bond acceptors (Lipinski definition) is 5. The first kappa shape index (κ1) is 11.7. The molecule has 1 saturated heterocycles. The summed E-state index contributed by atoms with van der Waals surface area (Å²) in [6, 6.07) is 1.69. The third-order valence-corrected chi connectivity index (χ3v) is 3.99. The molecule has 1 amide bonds. The molecule has 20 heavy (non-hydrogen) atoms. The maximum Gasteiger partial charge on any atom is 0.257 e. The van der Waals surface area contributed by atoms with E-state index in [2.05, 4.69) is 10.1 Å². The van der Waals surface area contributed by atoms with E-state index in [-0.39, 0.29) is 11.8 Å². The Kier molecular flexibility index (Phi) is 2.61. The average molecular weight is 273 g/mol. The number of likely N-dealkylation sites (tertiary alicyclic amines) is 1. The second-order valence-electron chi connectivity index (χ2n) is 5.51. The van der Waals surface area contributed by atoms with Gasteiger partial charge in [-0.3, -0.25) is 4.79 Å². The van der Waals surface area contributed by atoms with Crippen LogP contribution >= 0.6 is 0 Å². The minimum atomic E-state index is 0.00663. The first-order chi connectivity index (χ1) is 9.81. The van der Waals surface area contributed by atoms with Gasteiger partial charge < -0.3 is 13.8 Å². The maximum atomic E-state index is 12.2. The third kappa shape index (κ3) is 2.01. The standard InChI is InChI=1S/C14H15N3O3/c18-14(11-4-6-19-8-11)17-5-3-10(7-17)12-15-13(20-16-12)9-1-2-9/h4,6,8-10H,1-3,5,7H2. The largest absolute Gasteiger partial charge is 0.472 e. The van der Waals surface area contributed by atoms with Gasteiger partial charge in [-0.1, -0.05) is 5.16 Å². The van der Waals surface area contributed by atoms with Gasteiger partial charge in [-0.2, -0.15) is 4.98 Å². The average Bonchev–Trinajstić information content (AvgIpc) is 2.98. The topological polar surface area (TPSA) is 72.4 Å². The number of furan rings is 1. The van der Waals surface area contributed by atoms with Gasteiger partial charge in [0.15, 0.2) is 5.82 Å². The minimum Gasteiger partial charge on any atom is -0.472 e. The fourth-order valence-electron chi connectivity index (χ4n) is 2.63. The highest BCUT2D eigenvalue weighted by Crippen LogP contribution is 2.39. The number of rotatable bonds is 3. The second-order valence-corrected chi connectivity index (χ2v) is 5.51. The molecule has 0 bridgehead atoms. The summed E-state index contributed by atoms with van der Waals surface area (Å²) in [7, 11) is 0. The van der Waals surface area contributed by atoms with Crippen molar-refractivity contribution in [2.24, 2.45) is 0 Å². The molecular weight excluding hydrogens is 258 g/mol. The number of carbonyl (C=O) groups excluding carboxylic acids is 1. The van der Waals surface area contributed by atoms with Crippen LogP contribution in [0.25, 0.3) is 0 Å². The van der Waals surface area contributed by atoms with Crippen molar-refractivity contribution in [3.63, 3.8) is 0 Å². The highest BCUT2D eigenvalue weighted by atomic mass is 16.5. The molecule has 1 aliphatic heterocycles. The van der Waals surface area contributed by atoms with Gasteiger partial charge in [-0.05, 0) is 25.3 Å². The van der Waals surface area contributed by atoms with Crippen molar-refractivity contribution >= 4 is 5.91 Å². The smallest absolute Gasteiger partial charge is 0.257 e. The van der Waals surface area contributed by atoms with Gasteiger partial charge in [0.2, 0.25) is 5.89 Å². The van der Waals surface area contributed by atoms with E-state index < -0.39 is 0 Å². The van der Waals surface area contributed by atoms with Crippen molar-refractivity contribution in [1.82, 2.24) is 15.0 Å². The Morgan fingerprint density at radius 2 is 2.20 bits per heavy atom. The van der Waals surface area contributed by atoms with Crippen molar-refractivity contribution in [2.45, 2.75) is 31.1 Å². The number of hydrogen-bond donors (Lipinski definition) is 0. The van der Waals surface area contributed by atoms with E-state index in [4.69, 9.17) is 8.94 Å². The Morgan fingerprint density at radius 1 is 1.30 bits per heavy atom. The van der Waals surface area contributed by atoms with Crippen molar-refractivity contribution in [3.8, 4) is 0 Å². The predicted octanol–water partition coefficient (Wildman–Crippen LogP) is 2.17. The van der Waals surface area contributed by atoms with E-state index in [0.29, 0.717) is 18.0 Å². The molecule has 6 nitrogen and oxygen atoms in total. The van der Waals surface area contributed by atoms with Gasteiger partial charge >= 0.3 is 0 Å². The normalized spacial score (nSPS) is 22.4. The summed E-state index contributed by atoms with van der Waals surface area (Å²) in [6.07, 6.45) is 6.18. The van der Waals surface area contributed by atoms with E-state index >= 15 is 0 Å². The SMILES string of the molecule is O=C(c1ccoc1)N1CCC(c2noc(C3CC3)n2)C1. The lowest BCUT2D eigenvalue weighted by atomic mass is 10.1. The molecule has 1 aliphatic carbocycles. The molecule has 1 unspecified atom stereocenters. The first-order valence-electron chi connectivity index (χ1n) is 6.96. The highest BCUT2D eigenvalue weighted by molar-refractivity contribution is 5.94. The van der Waals surface area contributed by atoms with Crippen LogP contribution in [0.3, 0.4) is 0 Å². The van der Waals surface area contributed by atoms with E-state index in [0.717, 1.165) is 37.5 Å². The molecule has 104 valence electrons. The van der Waals surface area contributed by atoms with Crippen molar-refractivity contribution in [2.75, 3.05) is 13.1 Å². The van der Waals surface area contributed by atoms with E-state index in [1.807, 2.05) is 4.90 Å². The lowest BCUT2D eigenvalue weighted by molar-refractivity contribution is 0.0789. The fraction of sp³-hybridized carbons (Fsp3) is 0.500. The van der Waals surface area contributed by atoms with Crippen LogP contribution in [0.4, 0.5) is 0 Å². The zero-order chi connectivity index (χ0) is 13.5. The number of aromatic nitrogens is 2. The monoisotopic (exact) mass is 273 g/mol. The van der Waals surface area contributed by atoms with Crippen molar-refractivity contribution in [1.29, 1.82) is 0 Å². The molecule has 0 radical (unpaired) electrons. The quantitative estimate of drug-likeness (QED) is 0.857. The third-order valence-electron chi connectivity index (χ3n) is 3.99. The van der Waals surface area contributed by atoms with Gasteiger partial charge in [0.1, 0.15) is 6.26 Å². The summed E-state index contributed by atoms with van der Waals surface area (Å²) in [5.41, 5.74) is 0.595. The van der Waals surface area contributed by atoms with E-state index in [9.17, 15) is 4.79 Å². The van der Waals surface area contributed by atoms with Gasteiger partial charge in [-0.15, -0.1) is 0 Å². The lowest BCUT2D eigenvalue weighted by Gasteiger charge is -2.14. The fourth-order valence-corrected chi connectivity index (χ4v) is 2.63. The van der Waals surface area contributed by atoms with Gasteiger partial charge in [0.05, 0.1) is 11.8 Å². The van der Waals surface area contributed by atoms with Crippen LogP contribution in [0, 0.1) is 0 Å². The molecule has 6 heteroatoms. The van der Waals surface area contributed by atoms with Gasteiger partial charge in [0.25, 0.3) is 5.91 Å². The Morgan fingerprint density at radius 3 is 2.95 bits per heavy atom. The zero-order valence-corrected chi connectivity index (χ0v) is 11.0. The van der Waals surface area contributed by atoms with Crippen LogP contribution in [0.1, 0.15) is 53.2 Å². The molecule has 2 fully saturated rings. The molecule has 2 aromatic heterocycles. The minimum absolute atomic E-state index is 0.00663. The second kappa shape index (κ2) is 4.47. The van der Waals surface area contributed by atoms with E-state index in [1.54, 1.807) is 6.07 Å². The molecule has 2 aliphatic rings. The van der Waals surface area contributed by atoms with Crippen LogP contribution in [0.15, 0.2) is 27.5 Å². The summed E-state index contributed by atoms with van der Waals surface area (Å²) in [6.45, 7) is 1.37. The van der Waals surface area contributed by atoms with Gasteiger partial charge in [-0.25, -0.2) is 0 Å². The molecule has 2 aromatic rings. The highest BCUT2D eigenvalue weighted by Gasteiger charge is 2.34. The summed E-state index contributed by atoms with van der Waals surface area (Å²) >= 11 is 0. The summed E-state index contributed by atoms with van der Waals surface area (Å²) in [5, 5.41) is 4.07. The predicted molar refractivity (Wildman–Crippen MR) is 68.2 cm³/mol. The molecule has 0 N–H and O–H groups in total. The van der Waals surface area contributed by atoms with Crippen LogP contribution in [0.5, 0.6) is 0 Å². The van der Waals surface area contributed by atoms with Crippen LogP contribution in [0.2, 0.25) is 0 Å². The molecule has 1 saturated carbocycles. The number of carbonyl (C=O) groups is 1. The number of amides is 1. The van der Waals surface area contributed by atoms with Crippen molar-refractivity contribution < 1.29 is 13.7 Å². The Hall–Kier alpha value is -2.11. The molecular formula is C14H15N3O3. The number of nitrogens with zero attached hydrogens (tertiary/aromatic N) is 3. The summed E-state index contributed by atoms with van der Waals surface area (Å²) in [4.78, 5) is 18.5. The molecule has 1 atom stereocenters. The van der Waals surface area contributed by atoms with E-state index in [1.165, 1.54) is 12.5 Å². The first-order valence-corrected chi connectivity index (χ1v) is 6.96. The van der Waals surface area contributed by atoms with Crippen LogP contribution in [-0.4, -0.2) is 34.0 Å². The Balaban J connectivity index is 1.45. The Labute approximate surface area is 115 Å². The van der Waals surface area contributed by atoms with Crippen molar-refractivity contribution in [3.05, 3.63) is 35.9 Å². The summed E-state index contributed by atoms with van der Waals surface area (Å²) < 4.78 is 10.2. The maximum absolute atomic E-state index is 12.2. The molecule has 0 spiro atoms. The van der Waals surface area contributed by atoms with Crippen LogP contribution in [-0.2, 0) is 0 Å². The zero-order valence-electron chi connectivity index (χ0n) is 11.0. The van der Waals surface area contributed by atoms with Gasteiger partial charge in [0, 0.05) is 24.9 Å².